The molecule has 1 aromatic rings. The van der Waals surface area contributed by atoms with Gasteiger partial charge in [-0.15, -0.1) is 0 Å². The number of thioether (sulfide) groups is 1. The van der Waals surface area contributed by atoms with E-state index in [1.54, 1.807) is 0 Å². The second kappa shape index (κ2) is 4.46. The second-order valence-corrected chi connectivity index (χ2v) is 2.90. The van der Waals surface area contributed by atoms with E-state index >= 15 is 0 Å². The first-order chi connectivity index (χ1) is 6.20. The van der Waals surface area contributed by atoms with E-state index in [1.165, 1.54) is 17.8 Å². The van der Waals surface area contributed by atoms with E-state index in [-0.39, 0.29) is 0 Å². The van der Waals surface area contributed by atoms with Gasteiger partial charge in [0.1, 0.15) is 5.03 Å². The Hall–Kier alpha value is -1.56. The number of carboxylic acids is 1. The Morgan fingerprint density at radius 3 is 2.85 bits per heavy atom. The van der Waals surface area contributed by atoms with E-state index < -0.39 is 5.97 Å². The predicted octanol–water partition coefficient (Wildman–Crippen LogP) is 0.749. The number of nitrogens with zero attached hydrogens (tertiary/aromatic N) is 2. The standard InChI is InChI=1S/C7H7N3O2S/c8-6-7(10-3-2-9-6)13-4-1-5(11)12/h1-4H,(H2,8,9)(H,11,12)/b4-1+. The molecule has 13 heavy (non-hydrogen) atoms. The highest BCUT2D eigenvalue weighted by atomic mass is 32.2. The van der Waals surface area contributed by atoms with E-state index in [0.717, 1.165) is 17.8 Å². The number of carboxylic acid groups (broad SMARTS) is 1. The fourth-order valence-electron chi connectivity index (χ4n) is 0.583. The third-order valence-electron chi connectivity index (χ3n) is 1.08. The van der Waals surface area contributed by atoms with Crippen LogP contribution in [0.5, 0.6) is 0 Å². The van der Waals surface area contributed by atoms with Gasteiger partial charge < -0.3 is 10.8 Å². The van der Waals surface area contributed by atoms with Crippen LogP contribution in [0.1, 0.15) is 0 Å². The predicted molar refractivity (Wildman–Crippen MR) is 49.1 cm³/mol. The van der Waals surface area contributed by atoms with Crippen molar-refractivity contribution >= 4 is 23.5 Å². The van der Waals surface area contributed by atoms with Crippen LogP contribution in [-0.2, 0) is 4.79 Å². The molecule has 68 valence electrons. The molecule has 0 radical (unpaired) electrons. The van der Waals surface area contributed by atoms with E-state index in [4.69, 9.17) is 10.8 Å². The minimum absolute atomic E-state index is 0.294. The van der Waals surface area contributed by atoms with Crippen molar-refractivity contribution in [1.82, 2.24) is 9.97 Å². The lowest BCUT2D eigenvalue weighted by atomic mass is 10.7. The van der Waals surface area contributed by atoms with Gasteiger partial charge in [-0.05, 0) is 5.41 Å². The summed E-state index contributed by atoms with van der Waals surface area (Å²) in [5.74, 6) is -0.711. The van der Waals surface area contributed by atoms with Gasteiger partial charge >= 0.3 is 5.97 Å². The summed E-state index contributed by atoms with van der Waals surface area (Å²) in [5.41, 5.74) is 5.46. The van der Waals surface area contributed by atoms with Crippen molar-refractivity contribution in [3.8, 4) is 0 Å². The monoisotopic (exact) mass is 197 g/mol. The molecule has 1 rings (SSSR count). The average Bonchev–Trinajstić information content (AvgIpc) is 2.08. The van der Waals surface area contributed by atoms with Gasteiger partial charge in [-0.2, -0.15) is 0 Å². The van der Waals surface area contributed by atoms with Gasteiger partial charge in [-0.25, -0.2) is 14.8 Å². The number of aromatic nitrogens is 2. The Kier molecular flexibility index (Phi) is 3.27. The average molecular weight is 197 g/mol. The van der Waals surface area contributed by atoms with E-state index in [0.29, 0.717) is 10.8 Å². The number of nitrogens with two attached hydrogens (primary N) is 1. The molecule has 0 atom stereocenters. The number of rotatable bonds is 3. The maximum atomic E-state index is 10.1. The summed E-state index contributed by atoms with van der Waals surface area (Å²) in [7, 11) is 0. The van der Waals surface area contributed by atoms with Crippen LogP contribution in [0, 0.1) is 0 Å². The highest BCUT2D eigenvalue weighted by Gasteiger charge is 1.98. The number of aliphatic carboxylic acids is 1. The molecule has 0 fully saturated rings. The minimum Gasteiger partial charge on any atom is -0.478 e. The van der Waals surface area contributed by atoms with Crippen molar-refractivity contribution in [2.24, 2.45) is 0 Å². The third-order valence-corrected chi connectivity index (χ3v) is 1.89. The lowest BCUT2D eigenvalue weighted by Crippen LogP contribution is -1.93. The zero-order chi connectivity index (χ0) is 9.68. The minimum atomic E-state index is -1.00. The van der Waals surface area contributed by atoms with Gasteiger partial charge in [0.05, 0.1) is 0 Å². The molecule has 0 unspecified atom stereocenters. The van der Waals surface area contributed by atoms with Gasteiger partial charge in [0, 0.05) is 18.5 Å². The van der Waals surface area contributed by atoms with Crippen LogP contribution in [-0.4, -0.2) is 21.0 Å². The Balaban J connectivity index is 2.64. The molecule has 5 nitrogen and oxygen atoms in total. The first-order valence-corrected chi connectivity index (χ1v) is 4.20. The molecule has 0 amide bonds. The van der Waals surface area contributed by atoms with E-state index in [9.17, 15) is 4.79 Å². The molecule has 3 N–H and O–H groups in total. The summed E-state index contributed by atoms with van der Waals surface area (Å²) >= 11 is 1.12. The van der Waals surface area contributed by atoms with Crippen LogP contribution in [0.25, 0.3) is 0 Å². The van der Waals surface area contributed by atoms with Gasteiger partial charge in [0.25, 0.3) is 0 Å². The first kappa shape index (κ1) is 9.53. The molecule has 0 aromatic carbocycles. The number of hydrogen-bond donors (Lipinski definition) is 2. The zero-order valence-corrected chi connectivity index (χ0v) is 7.36. The SMILES string of the molecule is Nc1nccnc1S/C=C/C(=O)O. The Morgan fingerprint density at radius 2 is 2.23 bits per heavy atom. The fraction of sp³-hybridized carbons (Fsp3) is 0. The lowest BCUT2D eigenvalue weighted by Gasteiger charge is -1.96. The molecule has 0 saturated carbocycles. The number of nitrogen functional groups attached to an aromatic ring is 1. The van der Waals surface area contributed by atoms with Gasteiger partial charge in [0.15, 0.2) is 5.82 Å². The van der Waals surface area contributed by atoms with Gasteiger partial charge in [0.2, 0.25) is 0 Å². The summed E-state index contributed by atoms with van der Waals surface area (Å²) in [4.78, 5) is 17.8. The zero-order valence-electron chi connectivity index (χ0n) is 6.54. The largest absolute Gasteiger partial charge is 0.478 e. The van der Waals surface area contributed by atoms with Crippen LogP contribution in [0.2, 0.25) is 0 Å². The summed E-state index contributed by atoms with van der Waals surface area (Å²) in [6.45, 7) is 0. The van der Waals surface area contributed by atoms with Crippen molar-refractivity contribution in [2.45, 2.75) is 5.03 Å². The maximum Gasteiger partial charge on any atom is 0.328 e. The molecule has 6 heteroatoms. The van der Waals surface area contributed by atoms with Crippen LogP contribution in [0.3, 0.4) is 0 Å². The number of hydrogen-bond acceptors (Lipinski definition) is 5. The summed E-state index contributed by atoms with van der Waals surface area (Å²) in [6.07, 6.45) is 3.98. The smallest absolute Gasteiger partial charge is 0.328 e. The topological polar surface area (TPSA) is 89.1 Å². The molecule has 0 bridgehead atoms. The molecular formula is C7H7N3O2S. The molecular weight excluding hydrogens is 190 g/mol. The normalized spacial score (nSPS) is 10.5. The molecule has 0 spiro atoms. The number of anilines is 1. The quantitative estimate of drug-likeness (QED) is 0.549. The van der Waals surface area contributed by atoms with Crippen LogP contribution in [0.15, 0.2) is 28.9 Å². The summed E-state index contributed by atoms with van der Waals surface area (Å²) in [6, 6.07) is 0. The Morgan fingerprint density at radius 1 is 1.54 bits per heavy atom. The van der Waals surface area contributed by atoms with E-state index in [1.807, 2.05) is 0 Å². The molecule has 0 aliphatic carbocycles. The first-order valence-electron chi connectivity index (χ1n) is 3.33. The third kappa shape index (κ3) is 3.12. The maximum absolute atomic E-state index is 10.1. The van der Waals surface area contributed by atoms with Gasteiger partial charge in [-0.3, -0.25) is 0 Å². The van der Waals surface area contributed by atoms with Crippen LogP contribution >= 0.6 is 11.8 Å². The number of carbonyl (C=O) groups is 1. The Labute approximate surface area is 78.7 Å². The molecule has 1 heterocycles. The van der Waals surface area contributed by atoms with Crippen molar-refractivity contribution in [1.29, 1.82) is 0 Å². The molecule has 0 aliphatic heterocycles. The summed E-state index contributed by atoms with van der Waals surface area (Å²) < 4.78 is 0. The summed E-state index contributed by atoms with van der Waals surface area (Å²) in [5, 5.41) is 10.2. The fourth-order valence-corrected chi connectivity index (χ4v) is 1.19. The highest BCUT2D eigenvalue weighted by Crippen LogP contribution is 2.20. The Bertz CT molecular complexity index is 340. The molecule has 0 aliphatic rings. The molecule has 0 saturated heterocycles. The second-order valence-electron chi connectivity index (χ2n) is 2.01. The van der Waals surface area contributed by atoms with Crippen molar-refractivity contribution < 1.29 is 9.90 Å². The van der Waals surface area contributed by atoms with Crippen molar-refractivity contribution in [3.05, 3.63) is 23.9 Å². The lowest BCUT2D eigenvalue weighted by molar-refractivity contribution is -0.131. The van der Waals surface area contributed by atoms with Gasteiger partial charge in [-0.1, -0.05) is 11.8 Å². The van der Waals surface area contributed by atoms with Crippen molar-refractivity contribution in [3.63, 3.8) is 0 Å². The van der Waals surface area contributed by atoms with E-state index in [2.05, 4.69) is 9.97 Å². The van der Waals surface area contributed by atoms with Crippen LogP contribution < -0.4 is 5.73 Å². The molecule has 1 aromatic heterocycles. The highest BCUT2D eigenvalue weighted by molar-refractivity contribution is 8.02. The van der Waals surface area contributed by atoms with Crippen molar-refractivity contribution in [2.75, 3.05) is 5.73 Å². The van der Waals surface area contributed by atoms with Crippen LogP contribution in [0.4, 0.5) is 5.82 Å².